The molecule has 0 heterocycles. The van der Waals surface area contributed by atoms with Crippen molar-refractivity contribution in [3.05, 3.63) is 70.8 Å². The number of rotatable bonds is 0. The highest BCUT2D eigenvalue weighted by molar-refractivity contribution is 5.16. The molecule has 0 aliphatic heterocycles. The molecule has 2 aromatic rings. The second-order valence-electron chi connectivity index (χ2n) is 3.84. The zero-order valence-electron chi connectivity index (χ0n) is 14.0. The summed E-state index contributed by atoms with van der Waals surface area (Å²) in [5, 5.41) is 0. The van der Waals surface area contributed by atoms with E-state index >= 15 is 0 Å². The Morgan fingerprint density at radius 2 is 0.773 bits per heavy atom. The molecule has 2 rings (SSSR count). The summed E-state index contributed by atoms with van der Waals surface area (Å²) in [6, 6.07) is 7.61. The molecule has 0 N–H and O–H groups in total. The van der Waals surface area contributed by atoms with Crippen LogP contribution >= 0.6 is 0 Å². The summed E-state index contributed by atoms with van der Waals surface area (Å²) in [7, 11) is 0. The number of hydrogen-bond acceptors (Lipinski definition) is 0. The fourth-order valence-corrected chi connectivity index (χ4v) is 1.20. The second kappa shape index (κ2) is 12.9. The summed E-state index contributed by atoms with van der Waals surface area (Å²) in [4.78, 5) is 0. The Bertz CT molecular complexity index is 487. The summed E-state index contributed by atoms with van der Waals surface area (Å²) in [6.45, 7) is 11.4. The van der Waals surface area contributed by atoms with Crippen LogP contribution < -0.4 is 0 Å². The minimum Gasteiger partial charge on any atom is -0.204 e. The molecule has 0 radical (unpaired) electrons. The van der Waals surface area contributed by atoms with Crippen molar-refractivity contribution in [1.29, 1.82) is 0 Å². The lowest BCUT2D eigenvalue weighted by Gasteiger charge is -1.91. The van der Waals surface area contributed by atoms with Gasteiger partial charge in [0, 0.05) is 0 Å². The van der Waals surface area contributed by atoms with Crippen molar-refractivity contribution in [2.24, 2.45) is 0 Å². The van der Waals surface area contributed by atoms with E-state index in [0.29, 0.717) is 0 Å². The third kappa shape index (κ3) is 9.16. The van der Waals surface area contributed by atoms with Crippen LogP contribution in [0.15, 0.2) is 36.4 Å². The maximum atomic E-state index is 12.2. The fraction of sp³-hybridized carbons (Fsp3) is 0.333. The zero-order valence-corrected chi connectivity index (χ0v) is 14.0. The van der Waals surface area contributed by atoms with Crippen molar-refractivity contribution >= 4 is 0 Å². The van der Waals surface area contributed by atoms with Crippen molar-refractivity contribution in [3.8, 4) is 0 Å². The largest absolute Gasteiger partial charge is 0.204 e. The summed E-state index contributed by atoms with van der Waals surface area (Å²) in [5.74, 6) is -3.15. The molecule has 0 unspecified atom stereocenters. The molecular weight excluding hydrogens is 292 g/mol. The number of hydrogen-bond donors (Lipinski definition) is 0. The molecule has 0 saturated carbocycles. The van der Waals surface area contributed by atoms with E-state index in [2.05, 4.69) is 0 Å². The molecule has 0 aliphatic carbocycles. The second-order valence-corrected chi connectivity index (χ2v) is 3.84. The van der Waals surface area contributed by atoms with Gasteiger partial charge in [0.15, 0.2) is 23.3 Å². The molecule has 0 aromatic heterocycles. The predicted molar refractivity (Wildman–Crippen MR) is 84.9 cm³/mol. The Hall–Kier alpha value is -1.84. The third-order valence-corrected chi connectivity index (χ3v) is 2.15. The van der Waals surface area contributed by atoms with Crippen LogP contribution in [0.25, 0.3) is 0 Å². The van der Waals surface area contributed by atoms with Crippen molar-refractivity contribution < 1.29 is 17.6 Å². The lowest BCUT2D eigenvalue weighted by molar-refractivity contribution is 0.508. The summed E-state index contributed by atoms with van der Waals surface area (Å²) >= 11 is 0. The molecule has 0 bridgehead atoms. The highest BCUT2D eigenvalue weighted by Gasteiger charge is 1.98. The van der Waals surface area contributed by atoms with Crippen LogP contribution in [0.2, 0.25) is 0 Å². The minimum absolute atomic E-state index is 0.730. The molecule has 0 amide bonds. The number of halogens is 4. The molecule has 4 heteroatoms. The molecule has 2 aromatic carbocycles. The molecule has 0 fully saturated rings. The zero-order chi connectivity index (χ0) is 17.7. The van der Waals surface area contributed by atoms with Gasteiger partial charge >= 0.3 is 0 Å². The first-order chi connectivity index (χ1) is 10.4. The first kappa shape index (κ1) is 22.4. The van der Waals surface area contributed by atoms with Gasteiger partial charge in [-0.2, -0.15) is 0 Å². The van der Waals surface area contributed by atoms with Gasteiger partial charge in [0.25, 0.3) is 0 Å². The van der Waals surface area contributed by atoms with Crippen LogP contribution in [0.3, 0.4) is 0 Å². The van der Waals surface area contributed by atoms with E-state index in [1.54, 1.807) is 13.8 Å². The van der Waals surface area contributed by atoms with Gasteiger partial charge in [-0.15, -0.1) is 0 Å². The van der Waals surface area contributed by atoms with E-state index in [4.69, 9.17) is 0 Å². The highest BCUT2D eigenvalue weighted by Crippen LogP contribution is 2.07. The van der Waals surface area contributed by atoms with Crippen LogP contribution in [-0.2, 0) is 0 Å². The van der Waals surface area contributed by atoms with Crippen molar-refractivity contribution in [2.45, 2.75) is 41.5 Å². The van der Waals surface area contributed by atoms with Crippen LogP contribution in [0.1, 0.15) is 38.8 Å². The SMILES string of the molecule is CC.CC.Cc1ccc(F)c(F)c1.Cc1ccc(F)c(F)c1. The van der Waals surface area contributed by atoms with E-state index in [1.165, 1.54) is 12.1 Å². The van der Waals surface area contributed by atoms with Gasteiger partial charge in [-0.05, 0) is 49.2 Å². The Morgan fingerprint density at radius 1 is 0.500 bits per heavy atom. The molecule has 124 valence electrons. The van der Waals surface area contributed by atoms with Gasteiger partial charge in [-0.25, -0.2) is 17.6 Å². The first-order valence-electron chi connectivity index (χ1n) is 7.23. The van der Waals surface area contributed by atoms with E-state index in [-0.39, 0.29) is 0 Å². The van der Waals surface area contributed by atoms with E-state index in [0.717, 1.165) is 35.4 Å². The van der Waals surface area contributed by atoms with Gasteiger partial charge in [-0.1, -0.05) is 39.8 Å². The molecule has 0 nitrogen and oxygen atoms in total. The molecular formula is C18H24F4. The van der Waals surface area contributed by atoms with E-state index in [1.807, 2.05) is 27.7 Å². The Kier molecular flexibility index (Phi) is 13.1. The topological polar surface area (TPSA) is 0 Å². The summed E-state index contributed by atoms with van der Waals surface area (Å²) < 4.78 is 48.7. The fourth-order valence-electron chi connectivity index (χ4n) is 1.20. The highest BCUT2D eigenvalue weighted by atomic mass is 19.2. The maximum Gasteiger partial charge on any atom is 0.159 e. The van der Waals surface area contributed by atoms with Crippen LogP contribution in [0, 0.1) is 37.1 Å². The van der Waals surface area contributed by atoms with Crippen LogP contribution in [0.4, 0.5) is 17.6 Å². The molecule has 0 atom stereocenters. The van der Waals surface area contributed by atoms with Crippen molar-refractivity contribution in [3.63, 3.8) is 0 Å². The van der Waals surface area contributed by atoms with Gasteiger partial charge in [-0.3, -0.25) is 0 Å². The Balaban J connectivity index is 0. The molecule has 0 aliphatic rings. The van der Waals surface area contributed by atoms with Gasteiger partial charge in [0.2, 0.25) is 0 Å². The number of aryl methyl sites for hydroxylation is 2. The average molecular weight is 316 g/mol. The summed E-state index contributed by atoms with van der Waals surface area (Å²) in [5.41, 5.74) is 1.46. The lowest BCUT2D eigenvalue weighted by atomic mass is 10.2. The first-order valence-corrected chi connectivity index (χ1v) is 7.23. The third-order valence-electron chi connectivity index (χ3n) is 2.15. The molecule has 0 saturated heterocycles. The quantitative estimate of drug-likeness (QED) is 0.480. The van der Waals surface area contributed by atoms with Crippen molar-refractivity contribution in [2.75, 3.05) is 0 Å². The lowest BCUT2D eigenvalue weighted by Crippen LogP contribution is -1.82. The predicted octanol–water partition coefficient (Wildman–Crippen LogP) is 6.60. The average Bonchev–Trinajstić information content (AvgIpc) is 2.52. The van der Waals surface area contributed by atoms with E-state index < -0.39 is 23.3 Å². The minimum atomic E-state index is -0.791. The Morgan fingerprint density at radius 3 is 0.955 bits per heavy atom. The molecule has 0 spiro atoms. The van der Waals surface area contributed by atoms with Gasteiger partial charge in [0.1, 0.15) is 0 Å². The normalized spacial score (nSPS) is 8.45. The van der Waals surface area contributed by atoms with Gasteiger partial charge < -0.3 is 0 Å². The van der Waals surface area contributed by atoms with Crippen LogP contribution in [-0.4, -0.2) is 0 Å². The van der Waals surface area contributed by atoms with E-state index in [9.17, 15) is 17.6 Å². The smallest absolute Gasteiger partial charge is 0.159 e. The molecule has 22 heavy (non-hydrogen) atoms. The van der Waals surface area contributed by atoms with Gasteiger partial charge in [0.05, 0.1) is 0 Å². The van der Waals surface area contributed by atoms with Crippen molar-refractivity contribution in [1.82, 2.24) is 0 Å². The Labute approximate surface area is 130 Å². The van der Waals surface area contributed by atoms with Crippen LogP contribution in [0.5, 0.6) is 0 Å². The standard InChI is InChI=1S/2C7H6F2.2C2H6/c2*1-5-2-3-6(8)7(9)4-5;2*1-2/h2*2-4H,1H3;2*1-2H3. The maximum absolute atomic E-state index is 12.2. The monoisotopic (exact) mass is 316 g/mol. The number of benzene rings is 2. The summed E-state index contributed by atoms with van der Waals surface area (Å²) in [6.07, 6.45) is 0.